The van der Waals surface area contributed by atoms with E-state index in [-0.39, 0.29) is 17.6 Å². The number of hydrogen-bond acceptors (Lipinski definition) is 2. The highest BCUT2D eigenvalue weighted by molar-refractivity contribution is 6.07. The molecule has 0 fully saturated rings. The van der Waals surface area contributed by atoms with Gasteiger partial charge in [-0.1, -0.05) is 56.3 Å². The molecule has 2 aliphatic rings. The molecule has 3 heteroatoms. The molecular formula is C25H27NO2. The van der Waals surface area contributed by atoms with Gasteiger partial charge in [0, 0.05) is 30.0 Å². The molecule has 0 N–H and O–H groups in total. The highest BCUT2D eigenvalue weighted by Gasteiger charge is 2.39. The number of rotatable bonds is 3. The molecule has 0 radical (unpaired) electrons. The number of benzene rings is 2. The Balaban J connectivity index is 1.82. The van der Waals surface area contributed by atoms with Crippen molar-refractivity contribution < 1.29 is 9.59 Å². The number of carbonyl (C=O) groups excluding carboxylic acids is 2. The zero-order valence-electron chi connectivity index (χ0n) is 16.9. The standard InChI is InChI=1S/C25H27NO2/c1-16(2)18-11-13-19(14-12-18)20-15-24(28)26(21-8-5-4-7-17(21)3)22-9-6-10-23(27)25(20)22/h4-5,7-8,11-14,16,20H,6,9-10,15H2,1-3H3. The maximum atomic E-state index is 13.2. The number of hydrogen-bond donors (Lipinski definition) is 0. The highest BCUT2D eigenvalue weighted by Crippen LogP contribution is 2.44. The fraction of sp³-hybridized carbons (Fsp3) is 0.360. The van der Waals surface area contributed by atoms with Gasteiger partial charge in [-0.15, -0.1) is 0 Å². The molecule has 0 bridgehead atoms. The number of anilines is 1. The lowest BCUT2D eigenvalue weighted by molar-refractivity contribution is -0.119. The van der Waals surface area contributed by atoms with Crippen molar-refractivity contribution in [2.45, 2.75) is 58.3 Å². The van der Waals surface area contributed by atoms with Crippen LogP contribution in [0.4, 0.5) is 5.69 Å². The molecule has 1 atom stereocenters. The lowest BCUT2D eigenvalue weighted by Gasteiger charge is -2.39. The lowest BCUT2D eigenvalue weighted by Crippen LogP contribution is -2.40. The number of ketones is 1. The first-order chi connectivity index (χ1) is 13.5. The summed E-state index contributed by atoms with van der Waals surface area (Å²) >= 11 is 0. The minimum absolute atomic E-state index is 0.0840. The van der Waals surface area contributed by atoms with E-state index in [1.165, 1.54) is 5.56 Å². The van der Waals surface area contributed by atoms with Crippen molar-refractivity contribution >= 4 is 17.4 Å². The minimum atomic E-state index is -0.128. The predicted molar refractivity (Wildman–Crippen MR) is 112 cm³/mol. The molecule has 1 unspecified atom stereocenters. The van der Waals surface area contributed by atoms with Gasteiger partial charge in [-0.3, -0.25) is 14.5 Å². The van der Waals surface area contributed by atoms with Crippen LogP contribution in [0.15, 0.2) is 59.8 Å². The summed E-state index contributed by atoms with van der Waals surface area (Å²) < 4.78 is 0. The maximum absolute atomic E-state index is 13.2. The van der Waals surface area contributed by atoms with E-state index in [0.29, 0.717) is 18.8 Å². The van der Waals surface area contributed by atoms with E-state index in [9.17, 15) is 9.59 Å². The Morgan fingerprint density at radius 1 is 0.964 bits per heavy atom. The second-order valence-electron chi connectivity index (χ2n) is 8.23. The first-order valence-electron chi connectivity index (χ1n) is 10.2. The van der Waals surface area contributed by atoms with Gasteiger partial charge in [0.2, 0.25) is 5.91 Å². The van der Waals surface area contributed by atoms with Crippen LogP contribution in [0.3, 0.4) is 0 Å². The maximum Gasteiger partial charge on any atom is 0.232 e. The molecule has 0 aromatic heterocycles. The van der Waals surface area contributed by atoms with Crippen LogP contribution in [-0.4, -0.2) is 11.7 Å². The monoisotopic (exact) mass is 373 g/mol. The highest BCUT2D eigenvalue weighted by atomic mass is 16.2. The summed E-state index contributed by atoms with van der Waals surface area (Å²) in [4.78, 5) is 28.0. The topological polar surface area (TPSA) is 37.4 Å². The quantitative estimate of drug-likeness (QED) is 0.697. The summed E-state index contributed by atoms with van der Waals surface area (Å²) in [6.45, 7) is 6.36. The molecular weight excluding hydrogens is 346 g/mol. The summed E-state index contributed by atoms with van der Waals surface area (Å²) in [6.07, 6.45) is 2.52. The Morgan fingerprint density at radius 2 is 1.68 bits per heavy atom. The number of nitrogens with zero attached hydrogens (tertiary/aromatic N) is 1. The fourth-order valence-corrected chi connectivity index (χ4v) is 4.48. The number of para-hydroxylation sites is 1. The average molecular weight is 373 g/mol. The third-order valence-corrected chi connectivity index (χ3v) is 6.04. The number of Topliss-reactive ketones (excluding diaryl/α,β-unsaturated/α-hetero) is 1. The Hall–Kier alpha value is -2.68. The van der Waals surface area contributed by atoms with E-state index in [0.717, 1.165) is 40.9 Å². The molecule has 4 rings (SSSR count). The van der Waals surface area contributed by atoms with Crippen molar-refractivity contribution in [3.8, 4) is 0 Å². The lowest BCUT2D eigenvalue weighted by atomic mass is 9.76. The number of carbonyl (C=O) groups is 2. The van der Waals surface area contributed by atoms with Gasteiger partial charge in [0.25, 0.3) is 0 Å². The van der Waals surface area contributed by atoms with Crippen molar-refractivity contribution in [2.75, 3.05) is 4.90 Å². The van der Waals surface area contributed by atoms with Crippen molar-refractivity contribution in [3.05, 3.63) is 76.5 Å². The first-order valence-corrected chi connectivity index (χ1v) is 10.2. The van der Waals surface area contributed by atoms with Crippen molar-refractivity contribution in [1.29, 1.82) is 0 Å². The van der Waals surface area contributed by atoms with Gasteiger partial charge in [-0.05, 0) is 48.4 Å². The second kappa shape index (κ2) is 7.38. The SMILES string of the molecule is Cc1ccccc1N1C(=O)CC(c2ccc(C(C)C)cc2)C2=C1CCCC2=O. The van der Waals surface area contributed by atoms with Gasteiger partial charge in [0.1, 0.15) is 0 Å². The summed E-state index contributed by atoms with van der Waals surface area (Å²) in [6, 6.07) is 16.4. The molecule has 1 aliphatic carbocycles. The van der Waals surface area contributed by atoms with E-state index < -0.39 is 0 Å². The molecule has 0 spiro atoms. The first kappa shape index (κ1) is 18.7. The van der Waals surface area contributed by atoms with Gasteiger partial charge in [-0.25, -0.2) is 0 Å². The van der Waals surface area contributed by atoms with Crippen LogP contribution < -0.4 is 4.90 Å². The Morgan fingerprint density at radius 3 is 2.36 bits per heavy atom. The Kier molecular flexibility index (Phi) is 4.92. The molecule has 28 heavy (non-hydrogen) atoms. The van der Waals surface area contributed by atoms with Gasteiger partial charge >= 0.3 is 0 Å². The molecule has 3 nitrogen and oxygen atoms in total. The Bertz CT molecular complexity index is 953. The third-order valence-electron chi connectivity index (χ3n) is 6.04. The Labute approximate surface area is 167 Å². The van der Waals surface area contributed by atoms with E-state index in [4.69, 9.17) is 0 Å². The van der Waals surface area contributed by atoms with Gasteiger partial charge in [0.05, 0.1) is 5.69 Å². The summed E-state index contributed by atoms with van der Waals surface area (Å²) in [5, 5.41) is 0. The van der Waals surface area contributed by atoms with Crippen LogP contribution in [0.25, 0.3) is 0 Å². The van der Waals surface area contributed by atoms with Gasteiger partial charge in [-0.2, -0.15) is 0 Å². The molecule has 1 amide bonds. The van der Waals surface area contributed by atoms with Crippen molar-refractivity contribution in [3.63, 3.8) is 0 Å². The van der Waals surface area contributed by atoms with E-state index in [1.807, 2.05) is 36.1 Å². The molecule has 0 saturated carbocycles. The van der Waals surface area contributed by atoms with E-state index >= 15 is 0 Å². The van der Waals surface area contributed by atoms with Gasteiger partial charge in [0.15, 0.2) is 5.78 Å². The molecule has 2 aromatic rings. The number of aryl methyl sites for hydroxylation is 1. The predicted octanol–water partition coefficient (Wildman–Crippen LogP) is 5.65. The van der Waals surface area contributed by atoms with Crippen LogP contribution in [0.1, 0.15) is 68.1 Å². The van der Waals surface area contributed by atoms with Crippen molar-refractivity contribution in [1.82, 2.24) is 0 Å². The van der Waals surface area contributed by atoms with E-state index in [1.54, 1.807) is 0 Å². The van der Waals surface area contributed by atoms with Crippen LogP contribution >= 0.6 is 0 Å². The minimum Gasteiger partial charge on any atom is -0.294 e. The van der Waals surface area contributed by atoms with Crippen molar-refractivity contribution in [2.24, 2.45) is 0 Å². The summed E-state index contributed by atoms with van der Waals surface area (Å²) in [5.41, 5.74) is 6.08. The molecule has 1 heterocycles. The molecule has 144 valence electrons. The third kappa shape index (κ3) is 3.19. The molecule has 0 saturated heterocycles. The van der Waals surface area contributed by atoms with Crippen LogP contribution in [-0.2, 0) is 9.59 Å². The van der Waals surface area contributed by atoms with Crippen LogP contribution in [0.2, 0.25) is 0 Å². The smallest absolute Gasteiger partial charge is 0.232 e. The zero-order chi connectivity index (χ0) is 19.8. The summed E-state index contributed by atoms with van der Waals surface area (Å²) in [5.74, 6) is 0.618. The van der Waals surface area contributed by atoms with E-state index in [2.05, 4.69) is 38.1 Å². The number of amides is 1. The normalized spacial score (nSPS) is 20.0. The molecule has 1 aliphatic heterocycles. The van der Waals surface area contributed by atoms with Gasteiger partial charge < -0.3 is 0 Å². The van der Waals surface area contributed by atoms with Crippen LogP contribution in [0, 0.1) is 6.92 Å². The zero-order valence-corrected chi connectivity index (χ0v) is 16.9. The summed E-state index contributed by atoms with van der Waals surface area (Å²) in [7, 11) is 0. The molecule has 2 aromatic carbocycles. The largest absolute Gasteiger partial charge is 0.294 e. The van der Waals surface area contributed by atoms with Crippen LogP contribution in [0.5, 0.6) is 0 Å². The second-order valence-corrected chi connectivity index (χ2v) is 8.23. The average Bonchev–Trinajstić information content (AvgIpc) is 2.68. The fourth-order valence-electron chi connectivity index (χ4n) is 4.48. The number of allylic oxidation sites excluding steroid dienone is 2.